The Bertz CT molecular complexity index is 876. The van der Waals surface area contributed by atoms with Crippen molar-refractivity contribution in [3.63, 3.8) is 0 Å². The van der Waals surface area contributed by atoms with Gasteiger partial charge in [-0.25, -0.2) is 8.42 Å². The number of sulfonamides is 1. The van der Waals surface area contributed by atoms with Crippen LogP contribution in [-0.4, -0.2) is 20.2 Å². The Morgan fingerprint density at radius 3 is 2.16 bits per heavy atom. The fourth-order valence-electron chi connectivity index (χ4n) is 2.14. The molecule has 0 aliphatic heterocycles. The van der Waals surface area contributed by atoms with Gasteiger partial charge in [0, 0.05) is 17.2 Å². The molecule has 2 amide bonds. The molecule has 1 aliphatic rings. The smallest absolute Gasteiger partial charge is 0.266 e. The molecular weight excluding hydrogens is 342 g/mol. The molecule has 0 bridgehead atoms. The van der Waals surface area contributed by atoms with Crippen LogP contribution in [-0.2, 0) is 14.8 Å². The zero-order chi connectivity index (χ0) is 17.9. The van der Waals surface area contributed by atoms with E-state index in [4.69, 9.17) is 0 Å². The summed E-state index contributed by atoms with van der Waals surface area (Å²) in [4.78, 5) is 25.8. The summed E-state index contributed by atoms with van der Waals surface area (Å²) >= 11 is 0. The maximum atomic E-state index is 12.0. The van der Waals surface area contributed by atoms with Crippen molar-refractivity contribution in [3.8, 4) is 0 Å². The van der Waals surface area contributed by atoms with Crippen LogP contribution in [0.1, 0.15) is 23.2 Å². The van der Waals surface area contributed by atoms with E-state index in [1.165, 1.54) is 24.3 Å². The normalized spacial score (nSPS) is 13.9. The largest absolute Gasteiger partial charge is 0.326 e. The third kappa shape index (κ3) is 4.43. The van der Waals surface area contributed by atoms with E-state index >= 15 is 0 Å². The summed E-state index contributed by atoms with van der Waals surface area (Å²) in [6.45, 7) is 0. The molecule has 0 heterocycles. The van der Waals surface area contributed by atoms with Gasteiger partial charge in [-0.15, -0.1) is 4.83 Å². The minimum atomic E-state index is -3.83. The van der Waals surface area contributed by atoms with E-state index in [1.54, 1.807) is 30.3 Å². The first-order chi connectivity index (χ1) is 12.0. The fourth-order valence-corrected chi connectivity index (χ4v) is 3.00. The topological polar surface area (TPSA) is 104 Å². The first kappa shape index (κ1) is 17.1. The molecule has 25 heavy (non-hydrogen) atoms. The molecule has 0 radical (unpaired) electrons. The van der Waals surface area contributed by atoms with Gasteiger partial charge < -0.3 is 5.32 Å². The SMILES string of the molecule is O=C(NNS(=O)(=O)c1ccccc1)c1ccc(NC(=O)C2CC2)cc1. The first-order valence-electron chi connectivity index (χ1n) is 7.74. The highest BCUT2D eigenvalue weighted by molar-refractivity contribution is 7.89. The van der Waals surface area contributed by atoms with E-state index in [9.17, 15) is 18.0 Å². The van der Waals surface area contributed by atoms with E-state index < -0.39 is 15.9 Å². The number of anilines is 1. The second-order valence-electron chi connectivity index (χ2n) is 5.71. The third-order valence-corrected chi connectivity index (χ3v) is 4.98. The van der Waals surface area contributed by atoms with Crippen molar-refractivity contribution in [2.75, 3.05) is 5.32 Å². The van der Waals surface area contributed by atoms with Crippen molar-refractivity contribution in [2.45, 2.75) is 17.7 Å². The molecule has 1 aliphatic carbocycles. The summed E-state index contributed by atoms with van der Waals surface area (Å²) in [5.41, 5.74) is 3.02. The molecule has 130 valence electrons. The van der Waals surface area contributed by atoms with Crippen LogP contribution in [0.4, 0.5) is 5.69 Å². The number of carbonyl (C=O) groups excluding carboxylic acids is 2. The average molecular weight is 359 g/mol. The molecule has 1 fully saturated rings. The highest BCUT2D eigenvalue weighted by Crippen LogP contribution is 2.30. The lowest BCUT2D eigenvalue weighted by Crippen LogP contribution is -2.41. The van der Waals surface area contributed by atoms with Crippen molar-refractivity contribution in [3.05, 3.63) is 60.2 Å². The van der Waals surface area contributed by atoms with Crippen LogP contribution in [0.25, 0.3) is 0 Å². The van der Waals surface area contributed by atoms with Crippen LogP contribution in [0.5, 0.6) is 0 Å². The summed E-state index contributed by atoms with van der Waals surface area (Å²) in [5.74, 6) is -0.525. The lowest BCUT2D eigenvalue weighted by molar-refractivity contribution is -0.117. The molecule has 3 N–H and O–H groups in total. The Hall–Kier alpha value is -2.71. The molecule has 3 rings (SSSR count). The number of hydrazine groups is 1. The Morgan fingerprint density at radius 1 is 0.920 bits per heavy atom. The predicted octanol–water partition coefficient (Wildman–Crippen LogP) is 1.66. The number of carbonyl (C=O) groups is 2. The van der Waals surface area contributed by atoms with E-state index in [-0.39, 0.29) is 22.3 Å². The standard InChI is InChI=1S/C17H17N3O4S/c21-16(12-6-7-12)18-14-10-8-13(9-11-14)17(22)19-20-25(23,24)15-4-2-1-3-5-15/h1-5,8-12,20H,6-7H2,(H,18,21)(H,19,22). The van der Waals surface area contributed by atoms with Crippen molar-refractivity contribution in [1.29, 1.82) is 0 Å². The predicted molar refractivity (Wildman–Crippen MR) is 92.0 cm³/mol. The van der Waals surface area contributed by atoms with Gasteiger partial charge in [0.15, 0.2) is 0 Å². The van der Waals surface area contributed by atoms with Crippen molar-refractivity contribution < 1.29 is 18.0 Å². The number of amides is 2. The molecule has 7 nitrogen and oxygen atoms in total. The molecule has 0 aromatic heterocycles. The fraction of sp³-hybridized carbons (Fsp3) is 0.176. The second-order valence-corrected chi connectivity index (χ2v) is 7.40. The van der Waals surface area contributed by atoms with Crippen LogP contribution in [0.3, 0.4) is 0 Å². The summed E-state index contributed by atoms with van der Waals surface area (Å²) in [6.07, 6.45) is 1.82. The molecule has 2 aromatic rings. The molecule has 1 saturated carbocycles. The Kier molecular flexibility index (Phi) is 4.82. The van der Waals surface area contributed by atoms with Gasteiger partial charge in [0.25, 0.3) is 15.9 Å². The lowest BCUT2D eigenvalue weighted by atomic mass is 10.2. The highest BCUT2D eigenvalue weighted by Gasteiger charge is 2.29. The first-order valence-corrected chi connectivity index (χ1v) is 9.22. The summed E-state index contributed by atoms with van der Waals surface area (Å²) in [6, 6.07) is 13.9. The number of nitrogens with one attached hydrogen (secondary N) is 3. The minimum Gasteiger partial charge on any atom is -0.326 e. The van der Waals surface area contributed by atoms with E-state index in [0.717, 1.165) is 12.8 Å². The van der Waals surface area contributed by atoms with Gasteiger partial charge >= 0.3 is 0 Å². The van der Waals surface area contributed by atoms with Gasteiger partial charge in [-0.2, -0.15) is 0 Å². The lowest BCUT2D eigenvalue weighted by Gasteiger charge is -2.09. The van der Waals surface area contributed by atoms with Gasteiger partial charge in [-0.1, -0.05) is 18.2 Å². The zero-order valence-corrected chi connectivity index (χ0v) is 14.0. The molecular formula is C17H17N3O4S. The monoisotopic (exact) mass is 359 g/mol. The average Bonchev–Trinajstić information content (AvgIpc) is 3.46. The van der Waals surface area contributed by atoms with Crippen LogP contribution < -0.4 is 15.6 Å². The van der Waals surface area contributed by atoms with Gasteiger partial charge in [0.2, 0.25) is 5.91 Å². The second kappa shape index (κ2) is 7.04. The summed E-state index contributed by atoms with van der Waals surface area (Å²) in [7, 11) is -3.83. The Balaban J connectivity index is 1.58. The molecule has 0 atom stereocenters. The van der Waals surface area contributed by atoms with Gasteiger partial charge in [-0.3, -0.25) is 15.0 Å². The molecule has 0 unspecified atom stereocenters. The summed E-state index contributed by atoms with van der Waals surface area (Å²) < 4.78 is 24.1. The van der Waals surface area contributed by atoms with Crippen LogP contribution >= 0.6 is 0 Å². The van der Waals surface area contributed by atoms with Crippen molar-refractivity contribution in [1.82, 2.24) is 10.3 Å². The van der Waals surface area contributed by atoms with Crippen LogP contribution in [0.2, 0.25) is 0 Å². The van der Waals surface area contributed by atoms with Gasteiger partial charge in [-0.05, 0) is 49.2 Å². The van der Waals surface area contributed by atoms with E-state index in [0.29, 0.717) is 5.69 Å². The number of hydrogen-bond donors (Lipinski definition) is 3. The highest BCUT2D eigenvalue weighted by atomic mass is 32.2. The van der Waals surface area contributed by atoms with E-state index in [1.807, 2.05) is 4.83 Å². The molecule has 2 aromatic carbocycles. The molecule has 0 saturated heterocycles. The van der Waals surface area contributed by atoms with E-state index in [2.05, 4.69) is 10.7 Å². The maximum absolute atomic E-state index is 12.0. The Morgan fingerprint density at radius 2 is 1.56 bits per heavy atom. The number of rotatable bonds is 6. The zero-order valence-electron chi connectivity index (χ0n) is 13.2. The Labute approximate surface area is 145 Å². The van der Waals surface area contributed by atoms with Crippen LogP contribution in [0, 0.1) is 5.92 Å². The van der Waals surface area contributed by atoms with Crippen molar-refractivity contribution >= 4 is 27.5 Å². The van der Waals surface area contributed by atoms with Crippen LogP contribution in [0.15, 0.2) is 59.5 Å². The quantitative estimate of drug-likeness (QED) is 0.682. The molecule has 8 heteroatoms. The maximum Gasteiger partial charge on any atom is 0.266 e. The summed E-state index contributed by atoms with van der Waals surface area (Å²) in [5, 5.41) is 2.77. The minimum absolute atomic E-state index is 0.0205. The number of hydrogen-bond acceptors (Lipinski definition) is 4. The number of benzene rings is 2. The van der Waals surface area contributed by atoms with Crippen molar-refractivity contribution in [2.24, 2.45) is 5.92 Å². The van der Waals surface area contributed by atoms with Gasteiger partial charge in [0.1, 0.15) is 0 Å². The van der Waals surface area contributed by atoms with Gasteiger partial charge in [0.05, 0.1) is 4.90 Å². The third-order valence-electron chi connectivity index (χ3n) is 3.72. The molecule has 0 spiro atoms.